The Kier molecular flexibility index (Phi) is 5.35. The molecule has 0 saturated carbocycles. The Balaban J connectivity index is 1.93. The molecular formula is C21H22FN3O2. The van der Waals surface area contributed by atoms with Crippen LogP contribution in [0.1, 0.15) is 35.1 Å². The van der Waals surface area contributed by atoms with E-state index in [4.69, 9.17) is 4.98 Å². The third kappa shape index (κ3) is 3.89. The molecule has 5 nitrogen and oxygen atoms in total. The number of carbonyl (C=O) groups excluding carboxylic acids is 1. The molecule has 0 amide bonds. The van der Waals surface area contributed by atoms with Crippen molar-refractivity contribution in [1.82, 2.24) is 14.5 Å². The number of aryl methyl sites for hydroxylation is 3. The van der Waals surface area contributed by atoms with E-state index in [0.29, 0.717) is 12.1 Å². The lowest BCUT2D eigenvalue weighted by Gasteiger charge is -2.09. The molecule has 0 aliphatic carbocycles. The first-order valence-corrected chi connectivity index (χ1v) is 8.80. The number of rotatable bonds is 5. The van der Waals surface area contributed by atoms with Crippen LogP contribution in [0, 0.1) is 13.8 Å². The Bertz CT molecular complexity index is 1020. The number of imidazole rings is 1. The predicted molar refractivity (Wildman–Crippen MR) is 103 cm³/mol. The molecule has 0 saturated heterocycles. The molecule has 3 rings (SSSR count). The molecule has 0 aliphatic heterocycles. The number of esters is 1. The molecule has 140 valence electrons. The van der Waals surface area contributed by atoms with Gasteiger partial charge >= 0.3 is 5.97 Å². The van der Waals surface area contributed by atoms with Gasteiger partial charge in [0.2, 0.25) is 5.83 Å². The first-order valence-electron chi connectivity index (χ1n) is 8.80. The fourth-order valence-corrected chi connectivity index (χ4v) is 3.09. The number of nitrogens with zero attached hydrogens (tertiary/aromatic N) is 3. The smallest absolute Gasteiger partial charge is 0.366 e. The van der Waals surface area contributed by atoms with Gasteiger partial charge < -0.3 is 9.30 Å². The van der Waals surface area contributed by atoms with Crippen molar-refractivity contribution in [3.63, 3.8) is 0 Å². The molecule has 0 spiro atoms. The average Bonchev–Trinajstić information content (AvgIpc) is 3.00. The van der Waals surface area contributed by atoms with Gasteiger partial charge in [0.05, 0.1) is 13.7 Å². The summed E-state index contributed by atoms with van der Waals surface area (Å²) in [6, 6.07) is 9.39. The third-order valence-electron chi connectivity index (χ3n) is 4.41. The van der Waals surface area contributed by atoms with Crippen LogP contribution in [0.5, 0.6) is 0 Å². The monoisotopic (exact) mass is 367 g/mol. The van der Waals surface area contributed by atoms with Crippen LogP contribution >= 0.6 is 0 Å². The quantitative estimate of drug-likeness (QED) is 0.502. The van der Waals surface area contributed by atoms with E-state index in [1.165, 1.54) is 0 Å². The standard InChI is InChI=1S/C21H22FN3O2/c1-5-18-24-19-13(2)10-14(3)23-20(19)25(18)12-16-8-6-15(7-9-16)11-17(22)21(26)27-4/h6-11H,5,12H2,1-4H3. The summed E-state index contributed by atoms with van der Waals surface area (Å²) in [5.41, 5.74) is 5.52. The van der Waals surface area contributed by atoms with Gasteiger partial charge in [-0.1, -0.05) is 31.2 Å². The Morgan fingerprint density at radius 3 is 2.56 bits per heavy atom. The van der Waals surface area contributed by atoms with Crippen molar-refractivity contribution in [3.05, 3.63) is 64.4 Å². The van der Waals surface area contributed by atoms with Crippen molar-refractivity contribution in [2.45, 2.75) is 33.7 Å². The summed E-state index contributed by atoms with van der Waals surface area (Å²) in [4.78, 5) is 20.6. The van der Waals surface area contributed by atoms with E-state index in [1.807, 2.05) is 32.0 Å². The van der Waals surface area contributed by atoms with Gasteiger partial charge in [-0.3, -0.25) is 0 Å². The number of hydrogen-bond donors (Lipinski definition) is 0. The molecule has 0 fully saturated rings. The Hall–Kier alpha value is -3.02. The van der Waals surface area contributed by atoms with Gasteiger partial charge in [-0.05, 0) is 42.7 Å². The molecule has 0 atom stereocenters. The second-order valence-electron chi connectivity index (χ2n) is 6.45. The molecule has 2 aromatic heterocycles. The summed E-state index contributed by atoms with van der Waals surface area (Å²) in [5.74, 6) is -0.922. The van der Waals surface area contributed by atoms with Crippen LogP contribution in [0.3, 0.4) is 0 Å². The molecule has 0 bridgehead atoms. The van der Waals surface area contributed by atoms with Crippen LogP contribution in [0.4, 0.5) is 4.39 Å². The number of carbonyl (C=O) groups is 1. The molecular weight excluding hydrogens is 345 g/mol. The van der Waals surface area contributed by atoms with Crippen molar-refractivity contribution in [1.29, 1.82) is 0 Å². The second kappa shape index (κ2) is 7.70. The van der Waals surface area contributed by atoms with E-state index in [9.17, 15) is 9.18 Å². The molecule has 6 heteroatoms. The molecule has 27 heavy (non-hydrogen) atoms. The number of pyridine rings is 1. The van der Waals surface area contributed by atoms with Crippen LogP contribution in [0.2, 0.25) is 0 Å². The molecule has 1 aromatic carbocycles. The fourth-order valence-electron chi connectivity index (χ4n) is 3.09. The Morgan fingerprint density at radius 2 is 1.93 bits per heavy atom. The molecule has 0 unspecified atom stereocenters. The number of methoxy groups -OCH3 is 1. The molecule has 0 aliphatic rings. The summed E-state index contributed by atoms with van der Waals surface area (Å²) in [6.45, 7) is 6.72. The van der Waals surface area contributed by atoms with Gasteiger partial charge in [-0.2, -0.15) is 4.39 Å². The number of benzene rings is 1. The average molecular weight is 367 g/mol. The van der Waals surface area contributed by atoms with Gasteiger partial charge in [0.25, 0.3) is 0 Å². The lowest BCUT2D eigenvalue weighted by atomic mass is 10.1. The fraction of sp³-hybridized carbons (Fsp3) is 0.286. The van der Waals surface area contributed by atoms with Gasteiger partial charge in [-0.15, -0.1) is 0 Å². The zero-order valence-electron chi connectivity index (χ0n) is 15.9. The minimum atomic E-state index is -0.978. The van der Waals surface area contributed by atoms with Crippen LogP contribution in [-0.4, -0.2) is 27.6 Å². The summed E-state index contributed by atoms with van der Waals surface area (Å²) >= 11 is 0. The van der Waals surface area contributed by atoms with E-state index in [0.717, 1.165) is 53.4 Å². The summed E-state index contributed by atoms with van der Waals surface area (Å²) in [6.07, 6.45) is 1.97. The van der Waals surface area contributed by atoms with Gasteiger partial charge in [0.15, 0.2) is 5.65 Å². The predicted octanol–water partition coefficient (Wildman–Crippen LogP) is 4.14. The number of ether oxygens (including phenoxy) is 1. The minimum absolute atomic E-state index is 0.595. The zero-order valence-corrected chi connectivity index (χ0v) is 15.9. The summed E-state index contributed by atoms with van der Waals surface area (Å²) in [7, 11) is 1.15. The summed E-state index contributed by atoms with van der Waals surface area (Å²) < 4.78 is 20.1. The number of aromatic nitrogens is 3. The number of halogens is 1. The van der Waals surface area contributed by atoms with Crippen LogP contribution in [0.25, 0.3) is 17.2 Å². The van der Waals surface area contributed by atoms with E-state index in [2.05, 4.69) is 21.2 Å². The highest BCUT2D eigenvalue weighted by Gasteiger charge is 2.14. The van der Waals surface area contributed by atoms with Crippen molar-refractivity contribution >= 4 is 23.2 Å². The highest BCUT2D eigenvalue weighted by atomic mass is 19.1. The second-order valence-corrected chi connectivity index (χ2v) is 6.45. The van der Waals surface area contributed by atoms with Gasteiger partial charge in [0, 0.05) is 12.1 Å². The van der Waals surface area contributed by atoms with Crippen molar-refractivity contribution in [2.24, 2.45) is 0 Å². The highest BCUT2D eigenvalue weighted by Crippen LogP contribution is 2.21. The Morgan fingerprint density at radius 1 is 1.22 bits per heavy atom. The highest BCUT2D eigenvalue weighted by molar-refractivity contribution is 5.91. The maximum absolute atomic E-state index is 13.6. The van der Waals surface area contributed by atoms with Crippen LogP contribution < -0.4 is 0 Å². The van der Waals surface area contributed by atoms with Crippen molar-refractivity contribution in [2.75, 3.05) is 7.11 Å². The number of hydrogen-bond acceptors (Lipinski definition) is 4. The van der Waals surface area contributed by atoms with Crippen molar-refractivity contribution < 1.29 is 13.9 Å². The van der Waals surface area contributed by atoms with Crippen LogP contribution in [-0.2, 0) is 22.5 Å². The molecule has 2 heterocycles. The number of fused-ring (bicyclic) bond motifs is 1. The molecule has 0 radical (unpaired) electrons. The Labute approximate surface area is 157 Å². The topological polar surface area (TPSA) is 57.0 Å². The van der Waals surface area contributed by atoms with Crippen LogP contribution in [0.15, 0.2) is 36.2 Å². The molecule has 0 N–H and O–H groups in total. The van der Waals surface area contributed by atoms with Gasteiger partial charge in [-0.25, -0.2) is 14.8 Å². The lowest BCUT2D eigenvalue weighted by molar-refractivity contribution is -0.137. The maximum Gasteiger partial charge on any atom is 0.366 e. The normalized spacial score (nSPS) is 11.8. The zero-order chi connectivity index (χ0) is 19.6. The van der Waals surface area contributed by atoms with Gasteiger partial charge in [0.1, 0.15) is 11.3 Å². The first kappa shape index (κ1) is 18.8. The SMILES string of the molecule is CCc1nc2c(C)cc(C)nc2n1Cc1ccc(C=C(F)C(=O)OC)cc1. The van der Waals surface area contributed by atoms with E-state index in [-0.39, 0.29) is 0 Å². The third-order valence-corrected chi connectivity index (χ3v) is 4.41. The summed E-state index contributed by atoms with van der Waals surface area (Å²) in [5, 5.41) is 0. The van der Waals surface area contributed by atoms with E-state index >= 15 is 0 Å². The van der Waals surface area contributed by atoms with E-state index < -0.39 is 11.8 Å². The van der Waals surface area contributed by atoms with Crippen molar-refractivity contribution in [3.8, 4) is 0 Å². The largest absolute Gasteiger partial charge is 0.464 e. The lowest BCUT2D eigenvalue weighted by Crippen LogP contribution is -2.05. The maximum atomic E-state index is 13.6. The van der Waals surface area contributed by atoms with E-state index in [1.54, 1.807) is 12.1 Å². The minimum Gasteiger partial charge on any atom is -0.464 e. The molecule has 3 aromatic rings. The first-order chi connectivity index (χ1) is 12.9.